The largest absolute Gasteiger partial charge is 0.289 e. The first-order valence-electron chi connectivity index (χ1n) is 5.14. The third-order valence-electron chi connectivity index (χ3n) is 2.42. The Kier molecular flexibility index (Phi) is 3.25. The molecule has 0 unspecified atom stereocenters. The van der Waals surface area contributed by atoms with Crippen molar-refractivity contribution in [2.24, 2.45) is 0 Å². The van der Waals surface area contributed by atoms with Crippen LogP contribution >= 0.6 is 11.6 Å². The Morgan fingerprint density at radius 3 is 2.53 bits per heavy atom. The van der Waals surface area contributed by atoms with Crippen molar-refractivity contribution in [2.45, 2.75) is 6.92 Å². The Morgan fingerprint density at radius 1 is 1.18 bits per heavy atom. The van der Waals surface area contributed by atoms with E-state index in [1.165, 1.54) is 12.1 Å². The van der Waals surface area contributed by atoms with Crippen LogP contribution in [0.3, 0.4) is 0 Å². The summed E-state index contributed by atoms with van der Waals surface area (Å²) in [5, 5.41) is 0.374. The lowest BCUT2D eigenvalue weighted by Gasteiger charge is -2.04. The monoisotopic (exact) mass is 248 g/mol. The number of ketones is 1. The van der Waals surface area contributed by atoms with Crippen LogP contribution in [0.5, 0.6) is 0 Å². The molecule has 2 rings (SSSR count). The van der Waals surface area contributed by atoms with Crippen LogP contribution in [0.1, 0.15) is 21.5 Å². The minimum absolute atomic E-state index is 0.266. The number of hydrogen-bond donors (Lipinski definition) is 0. The lowest BCUT2D eigenvalue weighted by molar-refractivity contribution is 0.103. The third-order valence-corrected chi connectivity index (χ3v) is 2.75. The summed E-state index contributed by atoms with van der Waals surface area (Å²) in [6.45, 7) is 1.74. The van der Waals surface area contributed by atoms with Gasteiger partial charge >= 0.3 is 0 Å². The summed E-state index contributed by atoms with van der Waals surface area (Å²) in [7, 11) is 0. The van der Waals surface area contributed by atoms with Gasteiger partial charge in [0, 0.05) is 11.1 Å². The summed E-state index contributed by atoms with van der Waals surface area (Å²) in [4.78, 5) is 12.1. The van der Waals surface area contributed by atoms with Crippen molar-refractivity contribution in [3.05, 3.63) is 70.0 Å². The van der Waals surface area contributed by atoms with Gasteiger partial charge in [0.15, 0.2) is 5.78 Å². The molecule has 0 radical (unpaired) electrons. The summed E-state index contributed by atoms with van der Waals surface area (Å²) < 4.78 is 13.2. The zero-order valence-electron chi connectivity index (χ0n) is 9.21. The van der Waals surface area contributed by atoms with Crippen LogP contribution in [0.4, 0.5) is 4.39 Å². The Hall–Kier alpha value is -1.67. The van der Waals surface area contributed by atoms with Gasteiger partial charge in [-0.3, -0.25) is 4.79 Å². The molecule has 0 N–H and O–H groups in total. The van der Waals surface area contributed by atoms with Crippen LogP contribution in [0.2, 0.25) is 5.02 Å². The van der Waals surface area contributed by atoms with Crippen LogP contribution in [0.25, 0.3) is 0 Å². The van der Waals surface area contributed by atoms with Crippen molar-refractivity contribution >= 4 is 17.4 Å². The number of hydrogen-bond acceptors (Lipinski definition) is 1. The topological polar surface area (TPSA) is 17.1 Å². The number of benzene rings is 2. The number of halogens is 2. The molecule has 3 heteroatoms. The Balaban J connectivity index is 2.48. The minimum Gasteiger partial charge on any atom is -0.289 e. The standard InChI is InChI=1S/C14H10ClFO/c1-9-6-10(8-11(16)7-9)14(17)12-4-2-3-5-13(12)15/h2-8H,1H3. The zero-order chi connectivity index (χ0) is 12.4. The second kappa shape index (κ2) is 4.68. The van der Waals surface area contributed by atoms with Crippen LogP contribution in [0, 0.1) is 12.7 Å². The van der Waals surface area contributed by atoms with E-state index < -0.39 is 5.82 Å². The Bertz CT molecular complexity index is 558. The molecule has 2 aromatic carbocycles. The molecule has 0 aromatic heterocycles. The van der Waals surface area contributed by atoms with Gasteiger partial charge in [-0.15, -0.1) is 0 Å². The van der Waals surface area contributed by atoms with Crippen molar-refractivity contribution < 1.29 is 9.18 Å². The third kappa shape index (κ3) is 2.53. The molecule has 0 atom stereocenters. The lowest BCUT2D eigenvalue weighted by atomic mass is 10.0. The second-order valence-corrected chi connectivity index (χ2v) is 4.23. The quantitative estimate of drug-likeness (QED) is 0.734. The van der Waals surface area contributed by atoms with Crippen molar-refractivity contribution in [3.63, 3.8) is 0 Å². The molecule has 0 bridgehead atoms. The van der Waals surface area contributed by atoms with Gasteiger partial charge in [-0.05, 0) is 42.8 Å². The summed E-state index contributed by atoms with van der Waals surface area (Å²) in [5.74, 6) is -0.682. The molecule has 0 fully saturated rings. The molecule has 0 aliphatic carbocycles. The normalized spacial score (nSPS) is 10.3. The fraction of sp³-hybridized carbons (Fsp3) is 0.0714. The predicted octanol–water partition coefficient (Wildman–Crippen LogP) is 4.02. The first kappa shape index (κ1) is 11.8. The van der Waals surface area contributed by atoms with Gasteiger partial charge in [-0.25, -0.2) is 4.39 Å². The molecular weight excluding hydrogens is 239 g/mol. The number of rotatable bonds is 2. The van der Waals surface area contributed by atoms with Crippen molar-refractivity contribution in [2.75, 3.05) is 0 Å². The molecule has 0 saturated carbocycles. The van der Waals surface area contributed by atoms with Crippen molar-refractivity contribution in [1.29, 1.82) is 0 Å². The van der Waals surface area contributed by atoms with Gasteiger partial charge in [0.1, 0.15) is 5.82 Å². The summed E-state index contributed by atoms with van der Waals surface area (Å²) in [6, 6.07) is 11.0. The van der Waals surface area contributed by atoms with E-state index in [9.17, 15) is 9.18 Å². The molecule has 0 aliphatic rings. The van der Waals surface area contributed by atoms with E-state index in [1.54, 1.807) is 37.3 Å². The van der Waals surface area contributed by atoms with E-state index in [0.717, 1.165) is 0 Å². The molecule has 0 saturated heterocycles. The molecule has 86 valence electrons. The number of aryl methyl sites for hydroxylation is 1. The lowest BCUT2D eigenvalue weighted by Crippen LogP contribution is -2.03. The maximum absolute atomic E-state index is 13.2. The molecule has 0 heterocycles. The Morgan fingerprint density at radius 2 is 1.88 bits per heavy atom. The fourth-order valence-electron chi connectivity index (χ4n) is 1.67. The smallest absolute Gasteiger partial charge is 0.194 e. The van der Waals surface area contributed by atoms with E-state index in [4.69, 9.17) is 11.6 Å². The Labute approximate surface area is 104 Å². The highest BCUT2D eigenvalue weighted by Crippen LogP contribution is 2.20. The second-order valence-electron chi connectivity index (χ2n) is 3.83. The molecule has 17 heavy (non-hydrogen) atoms. The molecule has 1 nitrogen and oxygen atoms in total. The van der Waals surface area contributed by atoms with Gasteiger partial charge < -0.3 is 0 Å². The maximum atomic E-state index is 13.2. The summed E-state index contributed by atoms with van der Waals surface area (Å²) in [6.07, 6.45) is 0. The maximum Gasteiger partial charge on any atom is 0.194 e. The highest BCUT2D eigenvalue weighted by Gasteiger charge is 2.13. The van der Waals surface area contributed by atoms with Crippen LogP contribution in [-0.4, -0.2) is 5.78 Å². The van der Waals surface area contributed by atoms with Gasteiger partial charge in [-0.2, -0.15) is 0 Å². The van der Waals surface area contributed by atoms with E-state index >= 15 is 0 Å². The van der Waals surface area contributed by atoms with Crippen LogP contribution in [0.15, 0.2) is 42.5 Å². The zero-order valence-corrected chi connectivity index (χ0v) is 9.96. The molecule has 0 aliphatic heterocycles. The average Bonchev–Trinajstić information content (AvgIpc) is 2.27. The molecule has 0 spiro atoms. The molecular formula is C14H10ClFO. The minimum atomic E-state index is -0.416. The van der Waals surface area contributed by atoms with Gasteiger partial charge in [0.2, 0.25) is 0 Å². The predicted molar refractivity (Wildman–Crippen MR) is 66.0 cm³/mol. The summed E-state index contributed by atoms with van der Waals surface area (Å²) in [5.41, 5.74) is 1.41. The van der Waals surface area contributed by atoms with Gasteiger partial charge in [0.05, 0.1) is 5.02 Å². The van der Waals surface area contributed by atoms with E-state index in [-0.39, 0.29) is 5.78 Å². The highest BCUT2D eigenvalue weighted by molar-refractivity contribution is 6.34. The summed E-state index contributed by atoms with van der Waals surface area (Å²) >= 11 is 5.93. The fourth-order valence-corrected chi connectivity index (χ4v) is 1.89. The van der Waals surface area contributed by atoms with E-state index in [1.807, 2.05) is 0 Å². The first-order valence-corrected chi connectivity index (χ1v) is 5.52. The SMILES string of the molecule is Cc1cc(F)cc(C(=O)c2ccccc2Cl)c1. The first-order chi connectivity index (χ1) is 8.08. The number of carbonyl (C=O) groups excluding carboxylic acids is 1. The van der Waals surface area contributed by atoms with E-state index in [0.29, 0.717) is 21.7 Å². The van der Waals surface area contributed by atoms with Crippen molar-refractivity contribution in [1.82, 2.24) is 0 Å². The van der Waals surface area contributed by atoms with Crippen molar-refractivity contribution in [3.8, 4) is 0 Å². The average molecular weight is 249 g/mol. The van der Waals surface area contributed by atoms with Crippen LogP contribution < -0.4 is 0 Å². The number of carbonyl (C=O) groups is 1. The highest BCUT2D eigenvalue weighted by atomic mass is 35.5. The molecule has 0 amide bonds. The van der Waals surface area contributed by atoms with E-state index in [2.05, 4.69) is 0 Å². The van der Waals surface area contributed by atoms with Crippen LogP contribution in [-0.2, 0) is 0 Å². The molecule has 2 aromatic rings. The van der Waals surface area contributed by atoms with Gasteiger partial charge in [0.25, 0.3) is 0 Å². The van der Waals surface area contributed by atoms with Gasteiger partial charge in [-0.1, -0.05) is 23.7 Å².